The Labute approximate surface area is 85.4 Å². The Hall–Kier alpha value is -0.610. The van der Waals surface area contributed by atoms with Crippen LogP contribution in [0.5, 0.6) is 0 Å². The summed E-state index contributed by atoms with van der Waals surface area (Å²) in [4.78, 5) is 13.6. The lowest BCUT2D eigenvalue weighted by Gasteiger charge is -2.23. The molecule has 1 fully saturated rings. The third-order valence-corrected chi connectivity index (χ3v) is 2.59. The van der Waals surface area contributed by atoms with Crippen molar-refractivity contribution in [1.82, 2.24) is 4.90 Å². The van der Waals surface area contributed by atoms with Crippen LogP contribution >= 0.6 is 0 Å². The van der Waals surface area contributed by atoms with E-state index in [2.05, 4.69) is 0 Å². The van der Waals surface area contributed by atoms with Gasteiger partial charge in [-0.15, -0.1) is 0 Å². The van der Waals surface area contributed by atoms with E-state index in [1.165, 1.54) is 0 Å². The van der Waals surface area contributed by atoms with Crippen LogP contribution in [0.25, 0.3) is 0 Å². The molecule has 0 bridgehead atoms. The molecule has 82 valence electrons. The summed E-state index contributed by atoms with van der Waals surface area (Å²) in [5, 5.41) is 0. The fourth-order valence-corrected chi connectivity index (χ4v) is 1.39. The maximum Gasteiger partial charge on any atom is 0.242 e. The van der Waals surface area contributed by atoms with Crippen molar-refractivity contribution in [3.8, 4) is 0 Å². The zero-order chi connectivity index (χ0) is 10.6. The second kappa shape index (κ2) is 4.75. The summed E-state index contributed by atoms with van der Waals surface area (Å²) in [6.07, 6.45) is 1.66. The Morgan fingerprint density at radius 2 is 2.14 bits per heavy atom. The molecule has 0 spiro atoms. The molecule has 0 aliphatic heterocycles. The highest BCUT2D eigenvalue weighted by Gasteiger charge is 2.47. The largest absolute Gasteiger partial charge is 0.380 e. The number of hydrogen-bond donors (Lipinski definition) is 1. The van der Waals surface area contributed by atoms with Crippen LogP contribution in [0.15, 0.2) is 0 Å². The minimum absolute atomic E-state index is 0.0831. The lowest BCUT2D eigenvalue weighted by atomic mass is 10.2. The molecule has 1 rings (SSSR count). The first-order chi connectivity index (χ1) is 6.64. The van der Waals surface area contributed by atoms with Crippen molar-refractivity contribution in [2.75, 3.05) is 26.3 Å². The highest BCUT2D eigenvalue weighted by molar-refractivity contribution is 5.89. The van der Waals surface area contributed by atoms with Crippen molar-refractivity contribution in [1.29, 1.82) is 0 Å². The molecule has 14 heavy (non-hydrogen) atoms. The molecule has 1 aliphatic rings. The second-order valence-electron chi connectivity index (χ2n) is 3.74. The Morgan fingerprint density at radius 3 is 2.57 bits per heavy atom. The first-order valence-electron chi connectivity index (χ1n) is 5.30. The van der Waals surface area contributed by atoms with Crippen LogP contribution in [-0.4, -0.2) is 42.6 Å². The van der Waals surface area contributed by atoms with Gasteiger partial charge >= 0.3 is 0 Å². The van der Waals surface area contributed by atoms with Gasteiger partial charge in [0.25, 0.3) is 0 Å². The number of nitrogens with two attached hydrogens (primary N) is 1. The monoisotopic (exact) mass is 200 g/mol. The molecule has 0 unspecified atom stereocenters. The summed E-state index contributed by atoms with van der Waals surface area (Å²) in [5.41, 5.74) is 5.30. The van der Waals surface area contributed by atoms with Gasteiger partial charge in [-0.25, -0.2) is 0 Å². The average Bonchev–Trinajstić information content (AvgIpc) is 2.92. The van der Waals surface area contributed by atoms with Crippen LogP contribution in [0, 0.1) is 0 Å². The Balaban J connectivity index is 2.33. The predicted octanol–water partition coefficient (Wildman–Crippen LogP) is 0.363. The molecule has 4 nitrogen and oxygen atoms in total. The minimum Gasteiger partial charge on any atom is -0.380 e. The van der Waals surface area contributed by atoms with Gasteiger partial charge in [-0.3, -0.25) is 4.79 Å². The molecule has 0 aromatic carbocycles. The first-order valence-corrected chi connectivity index (χ1v) is 5.30. The molecule has 1 aliphatic carbocycles. The van der Waals surface area contributed by atoms with Crippen molar-refractivity contribution >= 4 is 5.91 Å². The van der Waals surface area contributed by atoms with E-state index in [9.17, 15) is 4.79 Å². The summed E-state index contributed by atoms with van der Waals surface area (Å²) < 4.78 is 5.21. The summed E-state index contributed by atoms with van der Waals surface area (Å²) in [6.45, 7) is 6.58. The SMILES string of the molecule is CCOCCN(CC)C(=O)C1(N)CC1. The van der Waals surface area contributed by atoms with Crippen molar-refractivity contribution in [2.24, 2.45) is 5.73 Å². The lowest BCUT2D eigenvalue weighted by molar-refractivity contribution is -0.134. The van der Waals surface area contributed by atoms with Gasteiger partial charge in [0.15, 0.2) is 0 Å². The number of nitrogens with zero attached hydrogens (tertiary/aromatic N) is 1. The van der Waals surface area contributed by atoms with Gasteiger partial charge in [0.1, 0.15) is 0 Å². The number of likely N-dealkylation sites (N-methyl/N-ethyl adjacent to an activating group) is 1. The van der Waals surface area contributed by atoms with E-state index in [-0.39, 0.29) is 5.91 Å². The highest BCUT2D eigenvalue weighted by Crippen LogP contribution is 2.33. The molecule has 4 heteroatoms. The van der Waals surface area contributed by atoms with Gasteiger partial charge in [-0.2, -0.15) is 0 Å². The maximum absolute atomic E-state index is 11.8. The molecular formula is C10H20N2O2. The zero-order valence-corrected chi connectivity index (χ0v) is 9.08. The average molecular weight is 200 g/mol. The molecule has 0 atom stereocenters. The molecule has 2 N–H and O–H groups in total. The topological polar surface area (TPSA) is 55.6 Å². The van der Waals surface area contributed by atoms with E-state index < -0.39 is 5.54 Å². The molecule has 0 heterocycles. The zero-order valence-electron chi connectivity index (χ0n) is 9.08. The van der Waals surface area contributed by atoms with E-state index in [0.29, 0.717) is 26.3 Å². The standard InChI is InChI=1S/C10H20N2O2/c1-3-12(7-8-14-4-2)9(13)10(11)5-6-10/h3-8,11H2,1-2H3. The van der Waals surface area contributed by atoms with Crippen LogP contribution in [0.2, 0.25) is 0 Å². The second-order valence-corrected chi connectivity index (χ2v) is 3.74. The van der Waals surface area contributed by atoms with Gasteiger partial charge in [0.05, 0.1) is 12.1 Å². The van der Waals surface area contributed by atoms with Gasteiger partial charge < -0.3 is 15.4 Å². The van der Waals surface area contributed by atoms with Gasteiger partial charge in [-0.05, 0) is 26.7 Å². The van der Waals surface area contributed by atoms with Gasteiger partial charge in [0, 0.05) is 19.7 Å². The third kappa shape index (κ3) is 2.69. The number of carbonyl (C=O) groups excluding carboxylic acids is 1. The number of amides is 1. The summed E-state index contributed by atoms with van der Waals surface area (Å²) in [5.74, 6) is 0.0831. The predicted molar refractivity (Wildman–Crippen MR) is 54.9 cm³/mol. The van der Waals surface area contributed by atoms with Crippen LogP contribution in [0.1, 0.15) is 26.7 Å². The number of carbonyl (C=O) groups is 1. The normalized spacial score (nSPS) is 17.9. The smallest absolute Gasteiger partial charge is 0.242 e. The van der Waals surface area contributed by atoms with E-state index in [0.717, 1.165) is 12.8 Å². The molecule has 0 aromatic heterocycles. The summed E-state index contributed by atoms with van der Waals surface area (Å²) in [7, 11) is 0. The quantitative estimate of drug-likeness (QED) is 0.630. The fourth-order valence-electron chi connectivity index (χ4n) is 1.39. The van der Waals surface area contributed by atoms with Gasteiger partial charge in [0.2, 0.25) is 5.91 Å². The number of rotatable bonds is 6. The van der Waals surface area contributed by atoms with E-state index in [1.54, 1.807) is 4.90 Å². The van der Waals surface area contributed by atoms with Gasteiger partial charge in [-0.1, -0.05) is 0 Å². The van der Waals surface area contributed by atoms with Crippen LogP contribution in [-0.2, 0) is 9.53 Å². The summed E-state index contributed by atoms with van der Waals surface area (Å²) in [6, 6.07) is 0. The highest BCUT2D eigenvalue weighted by atomic mass is 16.5. The van der Waals surface area contributed by atoms with E-state index in [1.807, 2.05) is 13.8 Å². The maximum atomic E-state index is 11.8. The van der Waals surface area contributed by atoms with Crippen molar-refractivity contribution in [3.63, 3.8) is 0 Å². The Morgan fingerprint density at radius 1 is 1.50 bits per heavy atom. The molecule has 1 amide bonds. The fraction of sp³-hybridized carbons (Fsp3) is 0.900. The molecule has 0 aromatic rings. The lowest BCUT2D eigenvalue weighted by Crippen LogP contribution is -2.46. The molecule has 1 saturated carbocycles. The van der Waals surface area contributed by atoms with E-state index in [4.69, 9.17) is 10.5 Å². The molecular weight excluding hydrogens is 180 g/mol. The van der Waals surface area contributed by atoms with E-state index >= 15 is 0 Å². The first kappa shape index (κ1) is 11.5. The van der Waals surface area contributed by atoms with Crippen molar-refractivity contribution < 1.29 is 9.53 Å². The molecule has 0 saturated heterocycles. The van der Waals surface area contributed by atoms with Crippen LogP contribution in [0.3, 0.4) is 0 Å². The Bertz CT molecular complexity index is 202. The summed E-state index contributed by atoms with van der Waals surface area (Å²) >= 11 is 0. The number of hydrogen-bond acceptors (Lipinski definition) is 3. The van der Waals surface area contributed by atoms with Crippen LogP contribution < -0.4 is 5.73 Å². The van der Waals surface area contributed by atoms with Crippen LogP contribution in [0.4, 0.5) is 0 Å². The van der Waals surface area contributed by atoms with Crippen molar-refractivity contribution in [2.45, 2.75) is 32.2 Å². The third-order valence-electron chi connectivity index (χ3n) is 2.59. The van der Waals surface area contributed by atoms with Crippen molar-refractivity contribution in [3.05, 3.63) is 0 Å². The Kier molecular flexibility index (Phi) is 3.89. The molecule has 0 radical (unpaired) electrons. The minimum atomic E-state index is -0.539. The number of ether oxygens (including phenoxy) is 1.